The van der Waals surface area contributed by atoms with Crippen molar-refractivity contribution in [2.45, 2.75) is 59.3 Å². The lowest BCUT2D eigenvalue weighted by atomic mass is 10.2. The molecule has 0 amide bonds. The quantitative estimate of drug-likeness (QED) is 0.783. The minimum atomic E-state index is 0.374. The Hall–Kier alpha value is -0.910. The van der Waals surface area contributed by atoms with E-state index in [0.717, 1.165) is 31.9 Å². The van der Waals surface area contributed by atoms with Gasteiger partial charge in [0.15, 0.2) is 0 Å². The molecule has 1 aliphatic heterocycles. The van der Waals surface area contributed by atoms with Gasteiger partial charge in [0.2, 0.25) is 0 Å². The Labute approximate surface area is 135 Å². The number of aryl methyl sites for hydroxylation is 2. The highest BCUT2D eigenvalue weighted by Crippen LogP contribution is 2.12. The summed E-state index contributed by atoms with van der Waals surface area (Å²) in [7, 11) is 2.01. The third-order valence-corrected chi connectivity index (χ3v) is 4.53. The number of unbranched alkanes of at least 4 members (excludes halogenated alkanes) is 1. The molecule has 1 aliphatic rings. The van der Waals surface area contributed by atoms with Crippen LogP contribution in [0.4, 0.5) is 0 Å². The van der Waals surface area contributed by atoms with Gasteiger partial charge in [-0.1, -0.05) is 0 Å². The Balaban J connectivity index is 1.60. The molecule has 1 saturated heterocycles. The van der Waals surface area contributed by atoms with Gasteiger partial charge in [-0.05, 0) is 53.6 Å². The maximum absolute atomic E-state index is 5.77. The lowest BCUT2D eigenvalue weighted by molar-refractivity contribution is -0.0681. The van der Waals surface area contributed by atoms with Crippen LogP contribution in [-0.4, -0.2) is 53.1 Å². The molecule has 126 valence electrons. The summed E-state index contributed by atoms with van der Waals surface area (Å²) < 4.78 is 7.74. The highest BCUT2D eigenvalue weighted by molar-refractivity contribution is 5.23. The van der Waals surface area contributed by atoms with E-state index in [-0.39, 0.29) is 0 Å². The fraction of sp³-hybridized carbons (Fsp3) is 0.824. The summed E-state index contributed by atoms with van der Waals surface area (Å²) in [6, 6.07) is 0. The molecule has 1 N–H and O–H groups in total. The molecule has 2 unspecified atom stereocenters. The molecule has 5 nitrogen and oxygen atoms in total. The van der Waals surface area contributed by atoms with Crippen LogP contribution in [0.15, 0.2) is 0 Å². The Morgan fingerprint density at radius 3 is 2.45 bits per heavy atom. The standard InChI is InChI=1S/C17H32N4O/c1-13-11-21(12-14(2)22-13)9-7-6-8-18-10-17-15(3)19-20(5)16(17)4/h13-14,18H,6-12H2,1-5H3. The van der Waals surface area contributed by atoms with Gasteiger partial charge >= 0.3 is 0 Å². The van der Waals surface area contributed by atoms with E-state index in [1.165, 1.54) is 30.6 Å². The van der Waals surface area contributed by atoms with Gasteiger partial charge in [-0.15, -0.1) is 0 Å². The SMILES string of the molecule is Cc1nn(C)c(C)c1CNCCCCN1CC(C)OC(C)C1. The van der Waals surface area contributed by atoms with Gasteiger partial charge in [0.25, 0.3) is 0 Å². The summed E-state index contributed by atoms with van der Waals surface area (Å²) in [4.78, 5) is 2.54. The van der Waals surface area contributed by atoms with Crippen LogP contribution >= 0.6 is 0 Å². The second-order valence-electron chi connectivity index (χ2n) is 6.67. The normalized spacial score (nSPS) is 23.1. The number of rotatable bonds is 7. The minimum Gasteiger partial charge on any atom is -0.373 e. The van der Waals surface area contributed by atoms with E-state index >= 15 is 0 Å². The molecule has 2 atom stereocenters. The molecule has 0 aliphatic carbocycles. The van der Waals surface area contributed by atoms with Crippen molar-refractivity contribution in [1.29, 1.82) is 0 Å². The van der Waals surface area contributed by atoms with E-state index in [1.807, 2.05) is 11.7 Å². The molecular formula is C17H32N4O. The Kier molecular flexibility index (Phi) is 6.41. The van der Waals surface area contributed by atoms with E-state index in [9.17, 15) is 0 Å². The molecule has 0 spiro atoms. The predicted molar refractivity (Wildman–Crippen MR) is 90.1 cm³/mol. The first-order valence-corrected chi connectivity index (χ1v) is 8.55. The number of hydrogen-bond acceptors (Lipinski definition) is 4. The van der Waals surface area contributed by atoms with Gasteiger partial charge in [-0.2, -0.15) is 5.10 Å². The molecule has 2 heterocycles. The molecule has 22 heavy (non-hydrogen) atoms. The zero-order chi connectivity index (χ0) is 16.1. The van der Waals surface area contributed by atoms with E-state index < -0.39 is 0 Å². The van der Waals surface area contributed by atoms with Crippen LogP contribution in [0.3, 0.4) is 0 Å². The van der Waals surface area contributed by atoms with E-state index in [1.54, 1.807) is 0 Å². The van der Waals surface area contributed by atoms with Crippen molar-refractivity contribution in [3.8, 4) is 0 Å². The smallest absolute Gasteiger partial charge is 0.0678 e. The molecule has 2 rings (SSSR count). The van der Waals surface area contributed by atoms with Crippen molar-refractivity contribution in [1.82, 2.24) is 20.0 Å². The third kappa shape index (κ3) is 4.80. The molecule has 1 aromatic heterocycles. The lowest BCUT2D eigenvalue weighted by Gasteiger charge is -2.35. The summed E-state index contributed by atoms with van der Waals surface area (Å²) in [5.41, 5.74) is 3.75. The van der Waals surface area contributed by atoms with Crippen LogP contribution < -0.4 is 5.32 Å². The first-order valence-electron chi connectivity index (χ1n) is 8.55. The van der Waals surface area contributed by atoms with E-state index in [0.29, 0.717) is 12.2 Å². The fourth-order valence-corrected chi connectivity index (χ4v) is 3.34. The Bertz CT molecular complexity index is 461. The average Bonchev–Trinajstić information content (AvgIpc) is 2.67. The monoisotopic (exact) mass is 308 g/mol. The first kappa shape index (κ1) is 17.4. The zero-order valence-corrected chi connectivity index (χ0v) is 14.9. The van der Waals surface area contributed by atoms with Crippen molar-refractivity contribution in [2.75, 3.05) is 26.2 Å². The Morgan fingerprint density at radius 2 is 1.86 bits per heavy atom. The molecule has 1 aromatic rings. The van der Waals surface area contributed by atoms with Gasteiger partial charge in [0.1, 0.15) is 0 Å². The predicted octanol–water partition coefficient (Wildman–Crippen LogP) is 2.02. The van der Waals surface area contributed by atoms with Crippen molar-refractivity contribution in [3.05, 3.63) is 17.0 Å². The van der Waals surface area contributed by atoms with Crippen molar-refractivity contribution >= 4 is 0 Å². The minimum absolute atomic E-state index is 0.374. The molecule has 1 fully saturated rings. The fourth-order valence-electron chi connectivity index (χ4n) is 3.34. The largest absolute Gasteiger partial charge is 0.373 e. The highest BCUT2D eigenvalue weighted by atomic mass is 16.5. The first-order chi connectivity index (χ1) is 10.5. The molecule has 0 bridgehead atoms. The number of morpholine rings is 1. The van der Waals surface area contributed by atoms with Crippen molar-refractivity contribution in [2.24, 2.45) is 7.05 Å². The average molecular weight is 308 g/mol. The number of ether oxygens (including phenoxy) is 1. The van der Waals surface area contributed by atoms with Crippen LogP contribution in [0.2, 0.25) is 0 Å². The van der Waals surface area contributed by atoms with Crippen LogP contribution in [0, 0.1) is 13.8 Å². The van der Waals surface area contributed by atoms with Crippen molar-refractivity contribution < 1.29 is 4.74 Å². The van der Waals surface area contributed by atoms with Gasteiger partial charge in [-0.3, -0.25) is 9.58 Å². The maximum atomic E-state index is 5.77. The number of aromatic nitrogens is 2. The maximum Gasteiger partial charge on any atom is 0.0678 e. The number of nitrogens with zero attached hydrogens (tertiary/aromatic N) is 3. The third-order valence-electron chi connectivity index (χ3n) is 4.53. The van der Waals surface area contributed by atoms with E-state index in [2.05, 4.69) is 43.0 Å². The zero-order valence-electron chi connectivity index (χ0n) is 14.9. The summed E-state index contributed by atoms with van der Waals surface area (Å²) in [6.45, 7) is 13.9. The van der Waals surface area contributed by atoms with E-state index in [4.69, 9.17) is 4.74 Å². The van der Waals surface area contributed by atoms with Crippen LogP contribution in [0.5, 0.6) is 0 Å². The van der Waals surface area contributed by atoms with Crippen molar-refractivity contribution in [3.63, 3.8) is 0 Å². The Morgan fingerprint density at radius 1 is 1.18 bits per heavy atom. The lowest BCUT2D eigenvalue weighted by Crippen LogP contribution is -2.45. The number of nitrogens with one attached hydrogen (secondary N) is 1. The summed E-state index contributed by atoms with van der Waals surface area (Å²) in [5.74, 6) is 0. The summed E-state index contributed by atoms with van der Waals surface area (Å²) >= 11 is 0. The topological polar surface area (TPSA) is 42.3 Å². The number of hydrogen-bond donors (Lipinski definition) is 1. The van der Waals surface area contributed by atoms with Gasteiger partial charge in [0.05, 0.1) is 17.9 Å². The van der Waals surface area contributed by atoms with Crippen LogP contribution in [-0.2, 0) is 18.3 Å². The summed E-state index contributed by atoms with van der Waals surface area (Å²) in [6.07, 6.45) is 3.22. The summed E-state index contributed by atoms with van der Waals surface area (Å²) in [5, 5.41) is 8.01. The van der Waals surface area contributed by atoms with Gasteiger partial charge < -0.3 is 10.1 Å². The molecule has 5 heteroatoms. The second kappa shape index (κ2) is 8.09. The highest BCUT2D eigenvalue weighted by Gasteiger charge is 2.21. The van der Waals surface area contributed by atoms with Crippen LogP contribution in [0.25, 0.3) is 0 Å². The second-order valence-corrected chi connectivity index (χ2v) is 6.67. The molecular weight excluding hydrogens is 276 g/mol. The van der Waals surface area contributed by atoms with Crippen LogP contribution in [0.1, 0.15) is 43.6 Å². The molecule has 0 aromatic carbocycles. The van der Waals surface area contributed by atoms with Gasteiger partial charge in [-0.25, -0.2) is 0 Å². The molecule has 0 radical (unpaired) electrons. The van der Waals surface area contributed by atoms with Gasteiger partial charge in [0, 0.05) is 37.9 Å². The molecule has 0 saturated carbocycles.